The first-order valence-electron chi connectivity index (χ1n) is 8.48. The summed E-state index contributed by atoms with van der Waals surface area (Å²) in [5, 5.41) is 10.7. The molecule has 1 amide bonds. The van der Waals surface area contributed by atoms with E-state index < -0.39 is 17.3 Å². The summed E-state index contributed by atoms with van der Waals surface area (Å²) in [6.07, 6.45) is -2.18. The summed E-state index contributed by atoms with van der Waals surface area (Å²) in [6, 6.07) is 0.842. The second kappa shape index (κ2) is 6.16. The molecule has 2 atom stereocenters. The zero-order valence-corrected chi connectivity index (χ0v) is 14.3. The molecule has 1 N–H and O–H groups in total. The van der Waals surface area contributed by atoms with Crippen LogP contribution in [0.5, 0.6) is 0 Å². The van der Waals surface area contributed by atoms with Gasteiger partial charge in [0, 0.05) is 44.2 Å². The van der Waals surface area contributed by atoms with E-state index in [0.717, 1.165) is 18.7 Å². The van der Waals surface area contributed by atoms with Gasteiger partial charge in [-0.25, -0.2) is 4.98 Å². The summed E-state index contributed by atoms with van der Waals surface area (Å²) < 4.78 is 38.9. The molecule has 1 saturated heterocycles. The Morgan fingerprint density at radius 3 is 2.80 bits per heavy atom. The van der Waals surface area contributed by atoms with Crippen LogP contribution in [0.4, 0.5) is 19.0 Å². The minimum absolute atomic E-state index is 0.0768. The fourth-order valence-corrected chi connectivity index (χ4v) is 3.71. The van der Waals surface area contributed by atoms with Crippen LogP contribution in [0.25, 0.3) is 0 Å². The molecule has 1 fully saturated rings. The molecule has 25 heavy (non-hydrogen) atoms. The number of carbonyl (C=O) groups is 1. The average Bonchev–Trinajstić information content (AvgIpc) is 2.53. The molecule has 2 aliphatic rings. The highest BCUT2D eigenvalue weighted by atomic mass is 19.4. The Bertz CT molecular complexity index is 676. The van der Waals surface area contributed by atoms with Gasteiger partial charge in [-0.2, -0.15) is 13.2 Å². The number of alkyl halides is 3. The molecule has 0 saturated carbocycles. The van der Waals surface area contributed by atoms with Crippen LogP contribution in [0.15, 0.2) is 12.3 Å². The number of hydrogen-bond acceptors (Lipinski definition) is 4. The summed E-state index contributed by atoms with van der Waals surface area (Å²) in [5.41, 5.74) is -2.07. The van der Waals surface area contributed by atoms with Crippen molar-refractivity contribution >= 4 is 11.7 Å². The van der Waals surface area contributed by atoms with Gasteiger partial charge in [0.25, 0.3) is 0 Å². The number of piperazine rings is 1. The highest BCUT2D eigenvalue weighted by Crippen LogP contribution is 2.43. The van der Waals surface area contributed by atoms with Crippen LogP contribution in [0.2, 0.25) is 0 Å². The Hall–Kier alpha value is -1.83. The van der Waals surface area contributed by atoms with Crippen molar-refractivity contribution in [1.29, 1.82) is 0 Å². The Balaban J connectivity index is 1.91. The highest BCUT2D eigenvalue weighted by Gasteiger charge is 2.44. The summed E-state index contributed by atoms with van der Waals surface area (Å²) in [4.78, 5) is 19.8. The third kappa shape index (κ3) is 3.31. The van der Waals surface area contributed by atoms with Crippen LogP contribution in [-0.4, -0.2) is 46.6 Å². The largest absolute Gasteiger partial charge is 0.417 e. The van der Waals surface area contributed by atoms with Crippen LogP contribution < -0.4 is 4.90 Å². The lowest BCUT2D eigenvalue weighted by Crippen LogP contribution is -2.59. The first-order chi connectivity index (χ1) is 11.6. The molecule has 8 heteroatoms. The molecule has 1 aromatic rings. The molecule has 1 aromatic heterocycles. The van der Waals surface area contributed by atoms with E-state index in [2.05, 4.69) is 4.98 Å². The summed E-state index contributed by atoms with van der Waals surface area (Å²) in [6.45, 7) is 4.92. The van der Waals surface area contributed by atoms with Gasteiger partial charge in [0.2, 0.25) is 5.91 Å². The lowest BCUT2D eigenvalue weighted by atomic mass is 9.83. The van der Waals surface area contributed by atoms with E-state index in [1.54, 1.807) is 4.90 Å². The van der Waals surface area contributed by atoms with E-state index in [-0.39, 0.29) is 23.9 Å². The monoisotopic (exact) mass is 357 g/mol. The molecule has 0 aromatic carbocycles. The van der Waals surface area contributed by atoms with E-state index in [1.165, 1.54) is 6.92 Å². The smallest absolute Gasteiger partial charge is 0.385 e. The molecule has 0 bridgehead atoms. The van der Waals surface area contributed by atoms with E-state index in [9.17, 15) is 23.1 Å². The van der Waals surface area contributed by atoms with Gasteiger partial charge in [-0.1, -0.05) is 6.92 Å². The first-order valence-corrected chi connectivity index (χ1v) is 8.48. The standard InChI is InChI=1S/C17H22F3N3O2/c1-3-4-14(24)22-5-6-23-12(10-22)8-16(2,25)13-7-11(17(18,19)20)9-21-15(13)23/h7,9,12,25H,3-6,8,10H2,1-2H3. The number of fused-ring (bicyclic) bond motifs is 3. The normalized spacial score (nSPS) is 26.2. The summed E-state index contributed by atoms with van der Waals surface area (Å²) >= 11 is 0. The molecule has 2 unspecified atom stereocenters. The quantitative estimate of drug-likeness (QED) is 0.884. The summed E-state index contributed by atoms with van der Waals surface area (Å²) in [7, 11) is 0. The van der Waals surface area contributed by atoms with Crippen molar-refractivity contribution in [2.75, 3.05) is 24.5 Å². The second-order valence-electron chi connectivity index (χ2n) is 7.01. The molecule has 0 aliphatic carbocycles. The average molecular weight is 357 g/mol. The molecule has 3 heterocycles. The Labute approximate surface area is 144 Å². The number of pyridine rings is 1. The van der Waals surface area contributed by atoms with Crippen molar-refractivity contribution in [2.45, 2.75) is 50.9 Å². The molecule has 5 nitrogen and oxygen atoms in total. The van der Waals surface area contributed by atoms with Crippen LogP contribution in [0.3, 0.4) is 0 Å². The van der Waals surface area contributed by atoms with E-state index in [0.29, 0.717) is 31.9 Å². The number of anilines is 1. The predicted molar refractivity (Wildman–Crippen MR) is 86.0 cm³/mol. The lowest BCUT2D eigenvalue weighted by Gasteiger charge is -2.49. The van der Waals surface area contributed by atoms with Crippen LogP contribution in [0.1, 0.15) is 44.2 Å². The van der Waals surface area contributed by atoms with E-state index >= 15 is 0 Å². The Kier molecular flexibility index (Phi) is 4.43. The fourth-order valence-electron chi connectivity index (χ4n) is 3.71. The van der Waals surface area contributed by atoms with Gasteiger partial charge in [-0.15, -0.1) is 0 Å². The molecule has 2 aliphatic heterocycles. The second-order valence-corrected chi connectivity index (χ2v) is 7.01. The zero-order chi connectivity index (χ0) is 18.4. The Morgan fingerprint density at radius 1 is 1.44 bits per heavy atom. The third-order valence-corrected chi connectivity index (χ3v) is 4.98. The van der Waals surface area contributed by atoms with Gasteiger partial charge in [0.15, 0.2) is 0 Å². The number of amides is 1. The van der Waals surface area contributed by atoms with Gasteiger partial charge in [0.1, 0.15) is 5.82 Å². The molecule has 0 radical (unpaired) electrons. The number of rotatable bonds is 2. The predicted octanol–water partition coefficient (Wildman–Crippen LogP) is 2.53. The topological polar surface area (TPSA) is 56.7 Å². The van der Waals surface area contributed by atoms with Gasteiger partial charge in [-0.3, -0.25) is 4.79 Å². The van der Waals surface area contributed by atoms with Crippen LogP contribution >= 0.6 is 0 Å². The van der Waals surface area contributed by atoms with Gasteiger partial charge < -0.3 is 14.9 Å². The van der Waals surface area contributed by atoms with Gasteiger partial charge in [0.05, 0.1) is 17.2 Å². The van der Waals surface area contributed by atoms with Crippen LogP contribution in [0, 0.1) is 0 Å². The molecular formula is C17H22F3N3O2. The minimum atomic E-state index is -4.50. The third-order valence-electron chi connectivity index (χ3n) is 4.98. The first kappa shape index (κ1) is 18.0. The van der Waals surface area contributed by atoms with Crippen molar-refractivity contribution in [2.24, 2.45) is 0 Å². The summed E-state index contributed by atoms with van der Waals surface area (Å²) in [5.74, 6) is 0.463. The van der Waals surface area contributed by atoms with Crippen molar-refractivity contribution in [3.05, 3.63) is 23.4 Å². The number of aromatic nitrogens is 1. The van der Waals surface area contributed by atoms with Crippen molar-refractivity contribution in [3.63, 3.8) is 0 Å². The number of nitrogens with zero attached hydrogens (tertiary/aromatic N) is 3. The van der Waals surface area contributed by atoms with Crippen molar-refractivity contribution in [3.8, 4) is 0 Å². The molecule has 0 spiro atoms. The van der Waals surface area contributed by atoms with E-state index in [1.807, 2.05) is 11.8 Å². The minimum Gasteiger partial charge on any atom is -0.385 e. The maximum atomic E-state index is 13.0. The number of carbonyl (C=O) groups excluding carboxylic acids is 1. The van der Waals surface area contributed by atoms with Crippen molar-refractivity contribution < 1.29 is 23.1 Å². The maximum Gasteiger partial charge on any atom is 0.417 e. The van der Waals surface area contributed by atoms with Gasteiger partial charge in [-0.05, 0) is 19.4 Å². The number of hydrogen-bond donors (Lipinski definition) is 1. The molecular weight excluding hydrogens is 335 g/mol. The highest BCUT2D eigenvalue weighted by molar-refractivity contribution is 5.76. The molecule has 138 valence electrons. The maximum absolute atomic E-state index is 13.0. The Morgan fingerprint density at radius 2 is 2.16 bits per heavy atom. The fraction of sp³-hybridized carbons (Fsp3) is 0.647. The van der Waals surface area contributed by atoms with Crippen molar-refractivity contribution in [1.82, 2.24) is 9.88 Å². The number of halogens is 3. The van der Waals surface area contributed by atoms with E-state index in [4.69, 9.17) is 0 Å². The molecule has 3 rings (SSSR count). The lowest BCUT2D eigenvalue weighted by molar-refractivity contribution is -0.138. The number of aliphatic hydroxyl groups is 1. The SMILES string of the molecule is CCCC(=O)N1CCN2c3ncc(C(F)(F)F)cc3C(C)(O)CC2C1. The zero-order valence-electron chi connectivity index (χ0n) is 14.3. The van der Waals surface area contributed by atoms with Gasteiger partial charge >= 0.3 is 6.18 Å². The van der Waals surface area contributed by atoms with Crippen LogP contribution in [-0.2, 0) is 16.6 Å².